The first-order valence-electron chi connectivity index (χ1n) is 19.7. The number of Topliss-reactive ketones (excluding diaryl/α,β-unsaturated/α-hetero) is 1. The number of esters is 1. The van der Waals surface area contributed by atoms with Crippen molar-refractivity contribution in [1.82, 2.24) is 10.6 Å². The molecule has 2 aliphatic rings. The minimum atomic E-state index is -2.54. The van der Waals surface area contributed by atoms with Gasteiger partial charge >= 0.3 is 5.97 Å². The van der Waals surface area contributed by atoms with E-state index in [-0.39, 0.29) is 64.7 Å². The third-order valence-corrected chi connectivity index (χ3v) is 16.9. The predicted octanol–water partition coefficient (Wildman–Crippen LogP) is 4.92. The number of para-hydroxylation sites is 2. The number of rotatable bonds is 17. The second kappa shape index (κ2) is 19.4. The highest BCUT2D eigenvalue weighted by atomic mass is 28.4. The van der Waals surface area contributed by atoms with Gasteiger partial charge < -0.3 is 38.9 Å². The van der Waals surface area contributed by atoms with Crippen LogP contribution in [0.25, 0.3) is 0 Å². The van der Waals surface area contributed by atoms with E-state index in [1.807, 2.05) is 30.3 Å². The highest BCUT2D eigenvalue weighted by Crippen LogP contribution is 2.42. The zero-order valence-corrected chi connectivity index (χ0v) is 35.8. The molecular weight excluding hydrogens is 777 g/mol. The Morgan fingerprint density at radius 1 is 0.797 bits per heavy atom. The quantitative estimate of drug-likeness (QED) is 0.0817. The molecule has 4 amide bonds. The predicted molar refractivity (Wildman–Crippen MR) is 222 cm³/mol. The summed E-state index contributed by atoms with van der Waals surface area (Å²) in [5.74, 6) is -4.57. The molecule has 3 atom stereocenters. The van der Waals surface area contributed by atoms with Gasteiger partial charge in [0, 0.05) is 0 Å². The maximum atomic E-state index is 14.7. The first-order chi connectivity index (χ1) is 28.1. The molecular formula is C43H54N4O11Si. The average molecular weight is 831 g/mol. The summed E-state index contributed by atoms with van der Waals surface area (Å²) in [6, 6.07) is 18.0. The van der Waals surface area contributed by atoms with E-state index in [1.165, 1.54) is 31.3 Å². The van der Waals surface area contributed by atoms with Gasteiger partial charge in [0.15, 0.2) is 0 Å². The van der Waals surface area contributed by atoms with Gasteiger partial charge in [0.1, 0.15) is 42.3 Å². The van der Waals surface area contributed by atoms with E-state index in [0.29, 0.717) is 0 Å². The zero-order valence-electron chi connectivity index (χ0n) is 34.8. The molecule has 316 valence electrons. The van der Waals surface area contributed by atoms with Crippen molar-refractivity contribution in [1.29, 1.82) is 0 Å². The van der Waals surface area contributed by atoms with Crippen molar-refractivity contribution in [3.8, 4) is 11.5 Å². The van der Waals surface area contributed by atoms with Crippen LogP contribution in [0.4, 0.5) is 11.4 Å². The van der Waals surface area contributed by atoms with Crippen molar-refractivity contribution in [2.75, 3.05) is 43.7 Å². The number of methoxy groups -OCH3 is 2. The Hall–Kier alpha value is -5.58. The number of ether oxygens (including phenoxy) is 4. The fraction of sp³-hybridized carbons (Fsp3) is 0.442. The van der Waals surface area contributed by atoms with Crippen molar-refractivity contribution in [2.24, 2.45) is 0 Å². The van der Waals surface area contributed by atoms with E-state index in [2.05, 4.69) is 52.2 Å². The molecule has 2 aliphatic heterocycles. The number of nitrogens with one attached hydrogen (secondary N) is 2. The molecule has 0 radical (unpaired) electrons. The molecule has 0 saturated carbocycles. The van der Waals surface area contributed by atoms with Gasteiger partial charge in [0.05, 0.1) is 45.2 Å². The molecule has 2 N–H and O–H groups in total. The summed E-state index contributed by atoms with van der Waals surface area (Å²) in [6.07, 6.45) is -1.26. The highest BCUT2D eigenvalue weighted by molar-refractivity contribution is 6.77. The summed E-state index contributed by atoms with van der Waals surface area (Å²) >= 11 is 0. The second-order valence-corrected chi connectivity index (χ2v) is 20.9. The van der Waals surface area contributed by atoms with Gasteiger partial charge in [0.2, 0.25) is 20.5 Å². The minimum Gasteiger partial charge on any atom is -0.496 e. The Bertz CT molecular complexity index is 1980. The van der Waals surface area contributed by atoms with Crippen LogP contribution in [0.5, 0.6) is 11.5 Å². The van der Waals surface area contributed by atoms with E-state index < -0.39 is 75.2 Å². The van der Waals surface area contributed by atoms with Crippen LogP contribution in [0.1, 0.15) is 63.9 Å². The highest BCUT2D eigenvalue weighted by Gasteiger charge is 2.47. The third kappa shape index (κ3) is 9.83. The molecule has 0 aromatic heterocycles. The van der Waals surface area contributed by atoms with Crippen LogP contribution < -0.4 is 29.9 Å². The molecule has 1 fully saturated rings. The Morgan fingerprint density at radius 2 is 1.39 bits per heavy atom. The number of amides is 4. The number of hydrogen-bond acceptors (Lipinski definition) is 11. The minimum absolute atomic E-state index is 0.0740. The summed E-state index contributed by atoms with van der Waals surface area (Å²) in [6.45, 7) is 11.4. The number of fused-ring (bicyclic) bond motifs is 1. The van der Waals surface area contributed by atoms with Gasteiger partial charge in [-0.1, -0.05) is 90.1 Å². The normalized spacial score (nSPS) is 18.1. The smallest absolute Gasteiger partial charge is 0.310 e. The largest absolute Gasteiger partial charge is 0.496 e. The van der Waals surface area contributed by atoms with Crippen molar-refractivity contribution in [3.63, 3.8) is 0 Å². The second-order valence-electron chi connectivity index (χ2n) is 15.4. The number of hydrogen-bond donors (Lipinski definition) is 2. The lowest BCUT2D eigenvalue weighted by Crippen LogP contribution is -2.56. The van der Waals surface area contributed by atoms with Crippen LogP contribution in [0.3, 0.4) is 0 Å². The molecule has 15 nitrogen and oxygen atoms in total. The molecule has 16 heteroatoms. The fourth-order valence-electron chi connectivity index (χ4n) is 8.22. The Morgan fingerprint density at radius 3 is 1.98 bits per heavy atom. The summed E-state index contributed by atoms with van der Waals surface area (Å²) in [7, 11) is 0.141. The average Bonchev–Trinajstić information content (AvgIpc) is 3.52. The third-order valence-electron chi connectivity index (χ3n) is 10.9. The molecule has 5 rings (SSSR count). The maximum absolute atomic E-state index is 14.7. The van der Waals surface area contributed by atoms with Gasteiger partial charge in [-0.25, -0.2) is 0 Å². The SMILES string of the molecule is COc1cccc(OC)c1C(=O)C(=O)N[C@H]1CN(C(=O)CO[Si](C(C)C)(C(C)C)C(C)C)c2ccccc2N(CC(=O)N[C@H]2CC(=O)O[C@H]2OCc2ccccc2)C1=O. The van der Waals surface area contributed by atoms with E-state index in [4.69, 9.17) is 23.4 Å². The Labute approximate surface area is 345 Å². The number of anilines is 2. The number of ketones is 1. The molecule has 2 heterocycles. The lowest BCUT2D eigenvalue weighted by atomic mass is 10.1. The number of carbonyl (C=O) groups is 6. The van der Waals surface area contributed by atoms with E-state index in [1.54, 1.807) is 30.3 Å². The van der Waals surface area contributed by atoms with Crippen LogP contribution in [0, 0.1) is 0 Å². The van der Waals surface area contributed by atoms with E-state index in [9.17, 15) is 28.8 Å². The summed E-state index contributed by atoms with van der Waals surface area (Å²) in [5, 5.41) is 5.31. The van der Waals surface area contributed by atoms with Crippen molar-refractivity contribution in [3.05, 3.63) is 83.9 Å². The number of cyclic esters (lactones) is 1. The van der Waals surface area contributed by atoms with Crippen molar-refractivity contribution >= 4 is 55.1 Å². The summed E-state index contributed by atoms with van der Waals surface area (Å²) < 4.78 is 28.6. The lowest BCUT2D eigenvalue weighted by Gasteiger charge is -2.42. The number of carbonyl (C=O) groups excluding carboxylic acids is 6. The first-order valence-corrected chi connectivity index (χ1v) is 21.8. The van der Waals surface area contributed by atoms with Crippen LogP contribution in [0.2, 0.25) is 16.6 Å². The van der Waals surface area contributed by atoms with Crippen molar-refractivity contribution < 1.29 is 52.1 Å². The molecule has 0 bridgehead atoms. The molecule has 3 aromatic carbocycles. The topological polar surface area (TPSA) is 179 Å². The molecule has 0 unspecified atom stereocenters. The Balaban J connectivity index is 1.47. The lowest BCUT2D eigenvalue weighted by molar-refractivity contribution is -0.168. The number of nitrogens with zero attached hydrogens (tertiary/aromatic N) is 2. The summed E-state index contributed by atoms with van der Waals surface area (Å²) in [4.78, 5) is 85.4. The van der Waals surface area contributed by atoms with Crippen LogP contribution in [0.15, 0.2) is 72.8 Å². The molecule has 3 aromatic rings. The van der Waals surface area contributed by atoms with Crippen LogP contribution >= 0.6 is 0 Å². The van der Waals surface area contributed by atoms with Gasteiger partial charge in [-0.05, 0) is 46.5 Å². The van der Waals surface area contributed by atoms with Gasteiger partial charge in [-0.3, -0.25) is 33.7 Å². The Kier molecular flexibility index (Phi) is 14.7. The standard InChI is InChI=1S/C43H54N4O11Si/c1-26(2)59(27(3)4,28(5)6)57-25-37(49)46-22-31(45-41(52)40(51)39-34(54-7)19-14-20-35(39)55-8)42(53)47(33-18-13-12-17-32(33)46)23-36(48)44-30-21-38(50)58-43(30)56-24-29-15-10-9-11-16-29/h9-20,26-28,30-31,43H,21-25H2,1-8H3,(H,44,48)(H,45,52)/t30-,31-,43+/m0/s1. The van der Waals surface area contributed by atoms with Crippen LogP contribution in [-0.4, -0.2) is 96.0 Å². The van der Waals surface area contributed by atoms with E-state index in [0.717, 1.165) is 10.5 Å². The monoisotopic (exact) mass is 830 g/mol. The molecule has 0 aliphatic carbocycles. The van der Waals surface area contributed by atoms with E-state index >= 15 is 0 Å². The zero-order chi connectivity index (χ0) is 43.0. The number of benzene rings is 3. The molecule has 1 saturated heterocycles. The maximum Gasteiger partial charge on any atom is 0.310 e. The van der Waals surface area contributed by atoms with Gasteiger partial charge in [-0.15, -0.1) is 0 Å². The molecule has 0 spiro atoms. The fourth-order valence-corrected chi connectivity index (χ4v) is 13.6. The van der Waals surface area contributed by atoms with Gasteiger partial charge in [0.25, 0.3) is 23.5 Å². The summed E-state index contributed by atoms with van der Waals surface area (Å²) in [5.41, 5.74) is 1.69. The first kappa shape index (κ1) is 44.5. The van der Waals surface area contributed by atoms with Crippen LogP contribution in [-0.2, 0) is 44.5 Å². The molecule has 59 heavy (non-hydrogen) atoms. The van der Waals surface area contributed by atoms with Crippen molar-refractivity contribution in [2.45, 2.75) is 89.6 Å². The van der Waals surface area contributed by atoms with Gasteiger partial charge in [-0.2, -0.15) is 0 Å².